The molecule has 1 aliphatic carbocycles. The first-order valence-corrected chi connectivity index (χ1v) is 8.60. The summed E-state index contributed by atoms with van der Waals surface area (Å²) >= 11 is 0. The average molecular weight is 368 g/mol. The molecule has 0 aliphatic heterocycles. The molecule has 2 amide bonds. The zero-order valence-electron chi connectivity index (χ0n) is 16.0. The fourth-order valence-corrected chi connectivity index (χ4v) is 2.45. The number of nitrogens with one attached hydrogen (secondary N) is 2. The molecule has 2 N–H and O–H groups in total. The summed E-state index contributed by atoms with van der Waals surface area (Å²) in [4.78, 5) is 47.3. The van der Waals surface area contributed by atoms with E-state index in [0.29, 0.717) is 19.3 Å². The van der Waals surface area contributed by atoms with Crippen molar-refractivity contribution >= 4 is 23.8 Å². The van der Waals surface area contributed by atoms with E-state index in [-0.39, 0.29) is 11.7 Å². The van der Waals surface area contributed by atoms with Crippen LogP contribution in [0.2, 0.25) is 0 Å². The molecule has 8 heteroatoms. The third kappa shape index (κ3) is 7.67. The number of amides is 2. The van der Waals surface area contributed by atoms with Gasteiger partial charge in [-0.2, -0.15) is 0 Å². The minimum absolute atomic E-state index is 0.00813. The van der Waals surface area contributed by atoms with Gasteiger partial charge in [-0.15, -0.1) is 0 Å². The van der Waals surface area contributed by atoms with Crippen LogP contribution in [0.4, 0.5) is 4.79 Å². The largest absolute Gasteiger partial charge is 0.467 e. The van der Waals surface area contributed by atoms with Crippen molar-refractivity contribution in [2.75, 3.05) is 7.11 Å². The van der Waals surface area contributed by atoms with Gasteiger partial charge >= 0.3 is 12.1 Å². The summed E-state index contributed by atoms with van der Waals surface area (Å²) in [7, 11) is 1.24. The highest BCUT2D eigenvalue weighted by molar-refractivity contribution is 5.91. The van der Waals surface area contributed by atoms with Crippen LogP contribution in [0.15, 0.2) is 12.2 Å². The maximum absolute atomic E-state index is 12.3. The summed E-state index contributed by atoms with van der Waals surface area (Å²) in [5.74, 6) is -1.06. The molecule has 0 radical (unpaired) electrons. The van der Waals surface area contributed by atoms with Gasteiger partial charge in [0.15, 0.2) is 5.78 Å². The summed E-state index contributed by atoms with van der Waals surface area (Å²) < 4.78 is 9.85. The molecule has 0 saturated carbocycles. The van der Waals surface area contributed by atoms with E-state index in [1.807, 2.05) is 0 Å². The number of carbonyl (C=O) groups is 4. The van der Waals surface area contributed by atoms with Crippen LogP contribution >= 0.6 is 0 Å². The topological polar surface area (TPSA) is 111 Å². The van der Waals surface area contributed by atoms with Crippen LogP contribution in [0.1, 0.15) is 47.0 Å². The summed E-state index contributed by atoms with van der Waals surface area (Å²) in [5, 5.41) is 5.02. The van der Waals surface area contributed by atoms with Crippen LogP contribution in [0.3, 0.4) is 0 Å². The predicted molar refractivity (Wildman–Crippen MR) is 94.3 cm³/mol. The van der Waals surface area contributed by atoms with Crippen molar-refractivity contribution in [3.05, 3.63) is 12.2 Å². The zero-order valence-corrected chi connectivity index (χ0v) is 16.0. The molecule has 146 valence electrons. The van der Waals surface area contributed by atoms with Crippen molar-refractivity contribution in [2.45, 2.75) is 64.6 Å². The highest BCUT2D eigenvalue weighted by atomic mass is 16.6. The van der Waals surface area contributed by atoms with Gasteiger partial charge in [0.1, 0.15) is 17.7 Å². The van der Waals surface area contributed by atoms with Crippen LogP contribution in [0.25, 0.3) is 0 Å². The lowest BCUT2D eigenvalue weighted by atomic mass is 9.89. The summed E-state index contributed by atoms with van der Waals surface area (Å²) in [5.41, 5.74) is -0.681. The Kier molecular flexibility index (Phi) is 7.79. The molecule has 0 aromatic heterocycles. The summed E-state index contributed by atoms with van der Waals surface area (Å²) in [6.45, 7) is 6.64. The molecular formula is C18H28N2O6. The first kappa shape index (κ1) is 21.7. The van der Waals surface area contributed by atoms with E-state index in [2.05, 4.69) is 10.6 Å². The lowest BCUT2D eigenvalue weighted by molar-refractivity contribution is -0.145. The van der Waals surface area contributed by atoms with Gasteiger partial charge in [-0.3, -0.25) is 9.59 Å². The Morgan fingerprint density at radius 3 is 2.42 bits per heavy atom. The number of ether oxygens (including phenoxy) is 2. The monoisotopic (exact) mass is 368 g/mol. The number of hydrogen-bond acceptors (Lipinski definition) is 6. The Morgan fingerprint density at radius 2 is 1.92 bits per heavy atom. The van der Waals surface area contributed by atoms with Gasteiger partial charge in [-0.25, -0.2) is 9.59 Å². The maximum Gasteiger partial charge on any atom is 0.408 e. The van der Waals surface area contributed by atoms with Crippen molar-refractivity contribution in [1.82, 2.24) is 10.6 Å². The smallest absolute Gasteiger partial charge is 0.408 e. The quantitative estimate of drug-likeness (QED) is 0.687. The van der Waals surface area contributed by atoms with Crippen molar-refractivity contribution in [3.63, 3.8) is 0 Å². The molecule has 0 heterocycles. The zero-order chi connectivity index (χ0) is 19.9. The molecule has 1 aliphatic rings. The van der Waals surface area contributed by atoms with Gasteiger partial charge in [-0.1, -0.05) is 6.08 Å². The third-order valence-electron chi connectivity index (χ3n) is 3.78. The summed E-state index contributed by atoms with van der Waals surface area (Å²) in [6, 6.07) is -1.75. The minimum atomic E-state index is -0.888. The van der Waals surface area contributed by atoms with E-state index >= 15 is 0 Å². The van der Waals surface area contributed by atoms with Crippen LogP contribution in [0, 0.1) is 5.92 Å². The van der Waals surface area contributed by atoms with Crippen LogP contribution < -0.4 is 10.6 Å². The Hall–Kier alpha value is -2.38. The van der Waals surface area contributed by atoms with Gasteiger partial charge < -0.3 is 20.1 Å². The fraction of sp³-hybridized carbons (Fsp3) is 0.667. The number of rotatable bonds is 6. The first-order chi connectivity index (χ1) is 12.0. The number of alkyl carbamates (subject to hydrolysis) is 1. The van der Waals surface area contributed by atoms with Gasteiger partial charge in [0.05, 0.1) is 7.11 Å². The van der Waals surface area contributed by atoms with Crippen LogP contribution in [-0.4, -0.2) is 48.5 Å². The first-order valence-electron chi connectivity index (χ1n) is 8.60. The second-order valence-corrected chi connectivity index (χ2v) is 7.31. The molecule has 26 heavy (non-hydrogen) atoms. The Balaban J connectivity index is 2.64. The number of allylic oxidation sites excluding steroid dienone is 2. The molecule has 1 rings (SSSR count). The second-order valence-electron chi connectivity index (χ2n) is 7.31. The highest BCUT2D eigenvalue weighted by Gasteiger charge is 2.28. The average Bonchev–Trinajstić information content (AvgIpc) is 2.53. The predicted octanol–water partition coefficient (Wildman–Crippen LogP) is 1.48. The van der Waals surface area contributed by atoms with E-state index in [4.69, 9.17) is 9.47 Å². The van der Waals surface area contributed by atoms with Crippen molar-refractivity contribution in [2.24, 2.45) is 5.92 Å². The number of methoxy groups -OCH3 is 1. The Bertz CT molecular complexity index is 579. The van der Waals surface area contributed by atoms with Crippen molar-refractivity contribution in [1.29, 1.82) is 0 Å². The van der Waals surface area contributed by atoms with Gasteiger partial charge in [0.25, 0.3) is 0 Å². The Morgan fingerprint density at radius 1 is 1.27 bits per heavy atom. The number of esters is 1. The van der Waals surface area contributed by atoms with Gasteiger partial charge in [0, 0.05) is 6.42 Å². The lowest BCUT2D eigenvalue weighted by Crippen LogP contribution is -2.51. The molecule has 0 unspecified atom stereocenters. The van der Waals surface area contributed by atoms with Crippen LogP contribution in [-0.2, 0) is 23.9 Å². The van der Waals surface area contributed by atoms with Gasteiger partial charge in [-0.05, 0) is 52.5 Å². The van der Waals surface area contributed by atoms with E-state index in [0.717, 1.165) is 0 Å². The normalized spacial score (nSPS) is 19.3. The highest BCUT2D eigenvalue weighted by Crippen LogP contribution is 2.20. The lowest BCUT2D eigenvalue weighted by Gasteiger charge is -2.25. The van der Waals surface area contributed by atoms with Gasteiger partial charge in [0.2, 0.25) is 5.91 Å². The minimum Gasteiger partial charge on any atom is -0.467 e. The molecule has 0 aromatic rings. The van der Waals surface area contributed by atoms with E-state index in [9.17, 15) is 19.2 Å². The van der Waals surface area contributed by atoms with E-state index in [1.165, 1.54) is 20.1 Å². The third-order valence-corrected chi connectivity index (χ3v) is 3.78. The maximum atomic E-state index is 12.3. The standard InChI is InChI=1S/C18H28N2O6/c1-11(19-17(24)26-18(2,3)4)15(22)20-14(16(23)25-5)10-12-6-8-13(21)9-7-12/h6,8,11-12,14H,7,9-10H2,1-5H3,(H,19,24)(H,20,22)/t11-,12+,14-/m0/s1. The number of ketones is 1. The number of carbonyl (C=O) groups excluding carboxylic acids is 4. The molecule has 8 nitrogen and oxygen atoms in total. The molecular weight excluding hydrogens is 340 g/mol. The van der Waals surface area contributed by atoms with Crippen LogP contribution in [0.5, 0.6) is 0 Å². The Labute approximate surface area is 153 Å². The fourth-order valence-electron chi connectivity index (χ4n) is 2.45. The van der Waals surface area contributed by atoms with E-state index in [1.54, 1.807) is 26.8 Å². The number of hydrogen-bond donors (Lipinski definition) is 2. The molecule has 0 saturated heterocycles. The van der Waals surface area contributed by atoms with Crippen molar-refractivity contribution in [3.8, 4) is 0 Å². The SMILES string of the molecule is COC(=O)[C@H](C[C@@H]1C=CC(=O)CC1)NC(=O)[C@H](C)NC(=O)OC(C)(C)C. The second kappa shape index (κ2) is 9.35. The summed E-state index contributed by atoms with van der Waals surface area (Å²) in [6.07, 6.45) is 3.88. The molecule has 0 bridgehead atoms. The molecule has 0 aromatic carbocycles. The van der Waals surface area contributed by atoms with Crippen molar-refractivity contribution < 1.29 is 28.7 Å². The molecule has 3 atom stereocenters. The van der Waals surface area contributed by atoms with E-state index < -0.39 is 35.7 Å². The molecule has 0 spiro atoms. The molecule has 0 fully saturated rings.